The number of halogens is 1. The van der Waals surface area contributed by atoms with E-state index in [-0.39, 0.29) is 11.6 Å². The van der Waals surface area contributed by atoms with E-state index in [2.05, 4.69) is 0 Å². The lowest BCUT2D eigenvalue weighted by atomic mass is 9.89. The van der Waals surface area contributed by atoms with E-state index < -0.39 is 11.0 Å². The first kappa shape index (κ1) is 12.2. The molecule has 0 amide bonds. The minimum Gasteiger partial charge on any atom is -0.337 e. The van der Waals surface area contributed by atoms with Gasteiger partial charge in [0.2, 0.25) is 10.7 Å². The molecule has 0 N–H and O–H groups in total. The summed E-state index contributed by atoms with van der Waals surface area (Å²) in [6.45, 7) is 2.03. The number of fused-ring (bicyclic) bond motifs is 2. The molecule has 94 valence electrons. The van der Waals surface area contributed by atoms with Gasteiger partial charge in [-0.1, -0.05) is 18.5 Å². The SMILES string of the molecule is CCCSC12OC1C(=O)c1cc(Cl)ccc1C2=O. The van der Waals surface area contributed by atoms with Crippen LogP contribution in [-0.2, 0) is 4.74 Å². The molecule has 3 nitrogen and oxygen atoms in total. The van der Waals surface area contributed by atoms with Crippen LogP contribution < -0.4 is 0 Å². The second-order valence-electron chi connectivity index (χ2n) is 4.40. The molecule has 2 unspecified atom stereocenters. The second-order valence-corrected chi connectivity index (χ2v) is 6.14. The minimum absolute atomic E-state index is 0.0998. The van der Waals surface area contributed by atoms with Crippen LogP contribution in [-0.4, -0.2) is 28.4 Å². The van der Waals surface area contributed by atoms with Crippen LogP contribution in [0.25, 0.3) is 0 Å². The summed E-state index contributed by atoms with van der Waals surface area (Å²) in [7, 11) is 0. The first-order chi connectivity index (χ1) is 8.60. The second kappa shape index (κ2) is 4.08. The van der Waals surface area contributed by atoms with Gasteiger partial charge in [0.25, 0.3) is 0 Å². The summed E-state index contributed by atoms with van der Waals surface area (Å²) in [5, 5.41) is 0.462. The third kappa shape index (κ3) is 1.56. The zero-order chi connectivity index (χ0) is 12.9. The maximum absolute atomic E-state index is 12.4. The van der Waals surface area contributed by atoms with Gasteiger partial charge in [-0.2, -0.15) is 0 Å². The average molecular weight is 283 g/mol. The van der Waals surface area contributed by atoms with Crippen molar-refractivity contribution in [3.05, 3.63) is 34.3 Å². The Labute approximate surface area is 114 Å². The number of epoxide rings is 1. The van der Waals surface area contributed by atoms with Crippen molar-refractivity contribution in [2.45, 2.75) is 24.4 Å². The van der Waals surface area contributed by atoms with E-state index in [1.54, 1.807) is 18.2 Å². The quantitative estimate of drug-likeness (QED) is 0.800. The Kier molecular flexibility index (Phi) is 2.77. The van der Waals surface area contributed by atoms with Crippen molar-refractivity contribution >= 4 is 34.9 Å². The largest absolute Gasteiger partial charge is 0.337 e. The van der Waals surface area contributed by atoms with E-state index in [0.29, 0.717) is 16.1 Å². The lowest BCUT2D eigenvalue weighted by molar-refractivity contribution is 0.0911. The first-order valence-electron chi connectivity index (χ1n) is 5.80. The molecule has 5 heteroatoms. The van der Waals surface area contributed by atoms with Gasteiger partial charge in [-0.3, -0.25) is 9.59 Å². The Hall–Kier alpha value is -0.840. The molecule has 3 rings (SSSR count). The van der Waals surface area contributed by atoms with Crippen molar-refractivity contribution in [3.8, 4) is 0 Å². The number of rotatable bonds is 3. The summed E-state index contributed by atoms with van der Waals surface area (Å²) < 4.78 is 5.44. The molecule has 2 atom stereocenters. The number of hydrogen-bond donors (Lipinski definition) is 0. The van der Waals surface area contributed by atoms with Gasteiger partial charge in [-0.05, 0) is 30.4 Å². The molecule has 1 aromatic carbocycles. The summed E-state index contributed by atoms with van der Waals surface area (Å²) in [6, 6.07) is 4.80. The highest BCUT2D eigenvalue weighted by molar-refractivity contribution is 8.01. The zero-order valence-corrected chi connectivity index (χ0v) is 11.3. The highest BCUT2D eigenvalue weighted by Gasteiger charge is 2.69. The number of thioether (sulfide) groups is 1. The van der Waals surface area contributed by atoms with E-state index >= 15 is 0 Å². The molecule has 0 saturated carbocycles. The van der Waals surface area contributed by atoms with Gasteiger partial charge in [0.05, 0.1) is 0 Å². The number of ketones is 2. The number of Topliss-reactive ketones (excluding diaryl/α,β-unsaturated/α-hetero) is 2. The molecule has 1 aromatic rings. The molecule has 1 heterocycles. The maximum atomic E-state index is 12.4. The molecule has 2 aliphatic rings. The van der Waals surface area contributed by atoms with E-state index in [1.807, 2.05) is 6.92 Å². The number of benzene rings is 1. The van der Waals surface area contributed by atoms with Gasteiger partial charge >= 0.3 is 0 Å². The summed E-state index contributed by atoms with van der Waals surface area (Å²) >= 11 is 7.29. The standard InChI is InChI=1S/C13H11ClO3S/c1-2-5-18-13-11(16)8-4-3-7(14)6-9(8)10(15)12(13)17-13/h3-4,6,12H,2,5H2,1H3. The van der Waals surface area contributed by atoms with Gasteiger partial charge in [-0.15, -0.1) is 11.8 Å². The lowest BCUT2D eigenvalue weighted by Crippen LogP contribution is -2.34. The van der Waals surface area contributed by atoms with Gasteiger partial charge in [0, 0.05) is 16.1 Å². The highest BCUT2D eigenvalue weighted by atomic mass is 35.5. The predicted octanol–water partition coefficient (Wildman–Crippen LogP) is 2.96. The smallest absolute Gasteiger partial charge is 0.211 e. The fourth-order valence-corrected chi connectivity index (χ4v) is 3.56. The van der Waals surface area contributed by atoms with Crippen molar-refractivity contribution in [1.29, 1.82) is 0 Å². The molecule has 0 radical (unpaired) electrons. The van der Waals surface area contributed by atoms with Crippen LogP contribution in [0.15, 0.2) is 18.2 Å². The summed E-state index contributed by atoms with van der Waals surface area (Å²) in [5.74, 6) is 0.575. The minimum atomic E-state index is -0.950. The normalized spacial score (nSPS) is 28.9. The molecule has 1 aliphatic carbocycles. The molecular weight excluding hydrogens is 272 g/mol. The van der Waals surface area contributed by atoms with Crippen LogP contribution in [0.1, 0.15) is 34.1 Å². The first-order valence-corrected chi connectivity index (χ1v) is 7.17. The fraction of sp³-hybridized carbons (Fsp3) is 0.385. The number of ether oxygens (including phenoxy) is 1. The van der Waals surface area contributed by atoms with E-state index in [4.69, 9.17) is 16.3 Å². The van der Waals surface area contributed by atoms with Crippen LogP contribution in [0.4, 0.5) is 0 Å². The van der Waals surface area contributed by atoms with Crippen LogP contribution in [0.5, 0.6) is 0 Å². The lowest BCUT2D eigenvalue weighted by Gasteiger charge is -2.17. The average Bonchev–Trinajstić information content (AvgIpc) is 3.10. The molecule has 1 saturated heterocycles. The number of carbonyl (C=O) groups excluding carboxylic acids is 2. The van der Waals surface area contributed by atoms with Crippen molar-refractivity contribution in [2.24, 2.45) is 0 Å². The monoisotopic (exact) mass is 282 g/mol. The number of hydrogen-bond acceptors (Lipinski definition) is 4. The third-order valence-electron chi connectivity index (χ3n) is 3.15. The van der Waals surface area contributed by atoms with Crippen molar-refractivity contribution < 1.29 is 14.3 Å². The van der Waals surface area contributed by atoms with Gasteiger partial charge in [0.15, 0.2) is 11.9 Å². The Morgan fingerprint density at radius 2 is 2.17 bits per heavy atom. The zero-order valence-electron chi connectivity index (χ0n) is 9.73. The Morgan fingerprint density at radius 1 is 1.39 bits per heavy atom. The van der Waals surface area contributed by atoms with E-state index in [1.165, 1.54) is 11.8 Å². The summed E-state index contributed by atoms with van der Waals surface area (Å²) in [6.07, 6.45) is 0.324. The van der Waals surface area contributed by atoms with Gasteiger partial charge < -0.3 is 4.74 Å². The summed E-state index contributed by atoms with van der Waals surface area (Å²) in [4.78, 5) is 23.6. The Balaban J connectivity index is 2.03. The van der Waals surface area contributed by atoms with Crippen LogP contribution >= 0.6 is 23.4 Å². The van der Waals surface area contributed by atoms with Crippen LogP contribution in [0.3, 0.4) is 0 Å². The van der Waals surface area contributed by atoms with Crippen LogP contribution in [0, 0.1) is 0 Å². The maximum Gasteiger partial charge on any atom is 0.211 e. The molecule has 18 heavy (non-hydrogen) atoms. The van der Waals surface area contributed by atoms with Crippen molar-refractivity contribution in [1.82, 2.24) is 0 Å². The molecular formula is C13H11ClO3S. The molecule has 0 bridgehead atoms. The third-order valence-corrected chi connectivity index (χ3v) is 4.92. The van der Waals surface area contributed by atoms with Crippen molar-refractivity contribution in [3.63, 3.8) is 0 Å². The summed E-state index contributed by atoms with van der Waals surface area (Å²) in [5.41, 5.74) is 0.824. The molecule has 0 spiro atoms. The Morgan fingerprint density at radius 3 is 2.89 bits per heavy atom. The topological polar surface area (TPSA) is 46.7 Å². The predicted molar refractivity (Wildman–Crippen MR) is 70.5 cm³/mol. The highest BCUT2D eigenvalue weighted by Crippen LogP contribution is 2.53. The van der Waals surface area contributed by atoms with Crippen molar-refractivity contribution in [2.75, 3.05) is 5.75 Å². The molecule has 1 aliphatic heterocycles. The molecule has 0 aromatic heterocycles. The number of carbonyl (C=O) groups is 2. The van der Waals surface area contributed by atoms with Gasteiger partial charge in [0.1, 0.15) is 0 Å². The van der Waals surface area contributed by atoms with E-state index in [0.717, 1.165) is 12.2 Å². The Bertz CT molecular complexity index is 557. The van der Waals surface area contributed by atoms with E-state index in [9.17, 15) is 9.59 Å². The van der Waals surface area contributed by atoms with Gasteiger partial charge in [-0.25, -0.2) is 0 Å². The fourth-order valence-electron chi connectivity index (χ4n) is 2.22. The molecule has 1 fully saturated rings. The van der Waals surface area contributed by atoms with Crippen LogP contribution in [0.2, 0.25) is 5.02 Å².